The lowest BCUT2D eigenvalue weighted by Crippen LogP contribution is -2.63. The van der Waals surface area contributed by atoms with Crippen LogP contribution in [0.1, 0.15) is 51.0 Å². The van der Waals surface area contributed by atoms with Gasteiger partial charge in [-0.1, -0.05) is 30.3 Å². The van der Waals surface area contributed by atoms with Crippen molar-refractivity contribution in [2.24, 2.45) is 17.8 Å². The molecule has 5 fully saturated rings. The van der Waals surface area contributed by atoms with E-state index in [1.165, 1.54) is 24.8 Å². The van der Waals surface area contributed by atoms with E-state index in [0.717, 1.165) is 69.7 Å². The van der Waals surface area contributed by atoms with Crippen molar-refractivity contribution in [3.05, 3.63) is 35.9 Å². The molecule has 168 valence electrons. The van der Waals surface area contributed by atoms with Crippen LogP contribution in [0.3, 0.4) is 0 Å². The number of urea groups is 1. The van der Waals surface area contributed by atoms with Gasteiger partial charge in [0.05, 0.1) is 6.04 Å². The van der Waals surface area contributed by atoms with Gasteiger partial charge in [0.25, 0.3) is 0 Å². The van der Waals surface area contributed by atoms with Gasteiger partial charge in [0.1, 0.15) is 0 Å². The second kappa shape index (κ2) is 8.55. The number of nitrogens with zero attached hydrogens (tertiary/aromatic N) is 2. The highest BCUT2D eigenvalue weighted by molar-refractivity contribution is 5.97. The minimum Gasteiger partial charge on any atom is -0.332 e. The molecule has 1 atom stereocenters. The summed E-state index contributed by atoms with van der Waals surface area (Å²) in [5.41, 5.74) is 1.26. The lowest BCUT2D eigenvalue weighted by molar-refractivity contribution is -0.125. The maximum Gasteiger partial charge on any atom is 0.321 e. The van der Waals surface area contributed by atoms with Gasteiger partial charge in [-0.25, -0.2) is 4.79 Å². The first kappa shape index (κ1) is 21.0. The van der Waals surface area contributed by atoms with Crippen LogP contribution in [-0.2, 0) is 11.3 Å². The quantitative estimate of drug-likeness (QED) is 0.763. The molecule has 0 spiro atoms. The molecule has 0 aromatic heterocycles. The minimum absolute atomic E-state index is 0.0641. The molecular formula is C25H36N4O2. The third-order valence-electron chi connectivity index (χ3n) is 8.24. The molecule has 1 aromatic rings. The molecular weight excluding hydrogens is 388 g/mol. The zero-order chi connectivity index (χ0) is 21.4. The van der Waals surface area contributed by atoms with Crippen molar-refractivity contribution in [1.29, 1.82) is 0 Å². The number of hydrogen-bond acceptors (Lipinski definition) is 4. The normalized spacial score (nSPS) is 33.8. The summed E-state index contributed by atoms with van der Waals surface area (Å²) >= 11 is 0. The van der Waals surface area contributed by atoms with Crippen molar-refractivity contribution < 1.29 is 9.59 Å². The van der Waals surface area contributed by atoms with Crippen LogP contribution < -0.4 is 10.6 Å². The van der Waals surface area contributed by atoms with Crippen LogP contribution in [0.4, 0.5) is 4.79 Å². The van der Waals surface area contributed by atoms with E-state index in [1.807, 2.05) is 13.0 Å². The summed E-state index contributed by atoms with van der Waals surface area (Å²) in [4.78, 5) is 30.1. The first-order valence-corrected chi connectivity index (χ1v) is 12.1. The molecule has 6 nitrogen and oxygen atoms in total. The maximum absolute atomic E-state index is 12.8. The van der Waals surface area contributed by atoms with E-state index in [1.54, 1.807) is 0 Å². The van der Waals surface area contributed by atoms with E-state index in [2.05, 4.69) is 44.7 Å². The molecule has 6 heteroatoms. The Balaban J connectivity index is 1.09. The second-order valence-corrected chi connectivity index (χ2v) is 10.6. The van der Waals surface area contributed by atoms with Crippen LogP contribution >= 0.6 is 0 Å². The van der Waals surface area contributed by atoms with Gasteiger partial charge in [0.2, 0.25) is 5.91 Å². The lowest BCUT2D eigenvalue weighted by atomic mass is 9.53. The van der Waals surface area contributed by atoms with Gasteiger partial charge in [-0.15, -0.1) is 0 Å². The number of piperazine rings is 1. The average Bonchev–Trinajstić information content (AvgIpc) is 2.73. The van der Waals surface area contributed by atoms with Gasteiger partial charge in [-0.2, -0.15) is 0 Å². The van der Waals surface area contributed by atoms with E-state index < -0.39 is 0 Å². The van der Waals surface area contributed by atoms with Crippen molar-refractivity contribution in [3.63, 3.8) is 0 Å². The highest BCUT2D eigenvalue weighted by atomic mass is 16.2. The van der Waals surface area contributed by atoms with Crippen LogP contribution in [-0.4, -0.2) is 59.5 Å². The zero-order valence-electron chi connectivity index (χ0n) is 18.7. The van der Waals surface area contributed by atoms with Crippen LogP contribution in [0.25, 0.3) is 0 Å². The predicted molar refractivity (Wildman–Crippen MR) is 120 cm³/mol. The molecule has 0 radical (unpaired) electrons. The van der Waals surface area contributed by atoms with Gasteiger partial charge in [-0.05, 0) is 68.8 Å². The number of nitrogens with one attached hydrogen (secondary N) is 2. The summed E-state index contributed by atoms with van der Waals surface area (Å²) < 4.78 is 0. The fourth-order valence-electron chi connectivity index (χ4n) is 7.07. The van der Waals surface area contributed by atoms with Crippen LogP contribution in [0.15, 0.2) is 30.3 Å². The van der Waals surface area contributed by atoms with E-state index in [-0.39, 0.29) is 23.5 Å². The van der Waals surface area contributed by atoms with E-state index in [9.17, 15) is 9.59 Å². The molecule has 4 aliphatic carbocycles. The van der Waals surface area contributed by atoms with Crippen LogP contribution in [0, 0.1) is 17.8 Å². The molecule has 1 aliphatic heterocycles. The Kier molecular flexibility index (Phi) is 5.78. The molecule has 4 bridgehead atoms. The predicted octanol–water partition coefficient (Wildman–Crippen LogP) is 2.99. The third-order valence-corrected chi connectivity index (χ3v) is 8.24. The number of hydrogen-bond donors (Lipinski definition) is 2. The summed E-state index contributed by atoms with van der Waals surface area (Å²) in [5, 5.41) is 5.91. The Labute approximate surface area is 185 Å². The highest BCUT2D eigenvalue weighted by Gasteiger charge is 2.51. The van der Waals surface area contributed by atoms with Gasteiger partial charge in [0, 0.05) is 38.3 Å². The summed E-state index contributed by atoms with van der Waals surface area (Å²) in [6.07, 6.45) is 7.32. The van der Waals surface area contributed by atoms with Gasteiger partial charge < -0.3 is 5.32 Å². The van der Waals surface area contributed by atoms with Gasteiger partial charge in [-0.3, -0.25) is 19.9 Å². The van der Waals surface area contributed by atoms with Crippen molar-refractivity contribution in [2.75, 3.05) is 26.2 Å². The Bertz CT molecular complexity index is 768. The fraction of sp³-hybridized carbons (Fsp3) is 0.680. The first-order valence-electron chi connectivity index (χ1n) is 12.1. The largest absolute Gasteiger partial charge is 0.332 e. The Hall–Kier alpha value is -1.92. The maximum atomic E-state index is 12.8. The SMILES string of the molecule is C[C@H](C(=O)NC(=O)NC12CC3CC(CC(C3)C1)C2)N1CCN(Cc2ccccc2)CC1. The molecule has 3 amide bonds. The topological polar surface area (TPSA) is 64.7 Å². The number of carbonyl (C=O) groups is 2. The molecule has 1 heterocycles. The number of benzene rings is 1. The summed E-state index contributed by atoms with van der Waals surface area (Å²) in [7, 11) is 0. The molecule has 6 rings (SSSR count). The smallest absolute Gasteiger partial charge is 0.321 e. The number of amides is 3. The van der Waals surface area contributed by atoms with Crippen molar-refractivity contribution in [3.8, 4) is 0 Å². The molecule has 4 saturated carbocycles. The summed E-state index contributed by atoms with van der Waals surface area (Å²) in [6.45, 7) is 6.43. The molecule has 1 saturated heterocycles. The third kappa shape index (κ3) is 4.65. The number of imide groups is 1. The zero-order valence-corrected chi connectivity index (χ0v) is 18.7. The van der Waals surface area contributed by atoms with Crippen molar-refractivity contribution >= 4 is 11.9 Å². The van der Waals surface area contributed by atoms with E-state index >= 15 is 0 Å². The molecule has 2 N–H and O–H groups in total. The van der Waals surface area contributed by atoms with Crippen molar-refractivity contribution in [1.82, 2.24) is 20.4 Å². The molecule has 1 aromatic carbocycles. The van der Waals surface area contributed by atoms with E-state index in [4.69, 9.17) is 0 Å². The average molecular weight is 425 g/mol. The van der Waals surface area contributed by atoms with Crippen molar-refractivity contribution in [2.45, 2.75) is 63.6 Å². The molecule has 0 unspecified atom stereocenters. The van der Waals surface area contributed by atoms with Gasteiger partial charge >= 0.3 is 6.03 Å². The first-order chi connectivity index (χ1) is 15.0. The van der Waals surface area contributed by atoms with Crippen LogP contribution in [0.2, 0.25) is 0 Å². The number of carbonyl (C=O) groups excluding carboxylic acids is 2. The lowest BCUT2D eigenvalue weighted by Gasteiger charge is -2.56. The fourth-order valence-corrected chi connectivity index (χ4v) is 7.07. The number of rotatable bonds is 5. The Morgan fingerprint density at radius 1 is 0.968 bits per heavy atom. The molecule has 31 heavy (non-hydrogen) atoms. The standard InChI is InChI=1S/C25H36N4O2/c1-18(29-9-7-28(8-10-29)17-19-5-3-2-4-6-19)23(30)26-24(31)27-25-14-20-11-21(15-25)13-22(12-20)16-25/h2-6,18,20-22H,7-17H2,1H3,(H2,26,27,30,31)/t18-,20?,21?,22?,25?/m1/s1. The van der Waals surface area contributed by atoms with Crippen LogP contribution in [0.5, 0.6) is 0 Å². The minimum atomic E-state index is -0.291. The van der Waals surface area contributed by atoms with E-state index in [0.29, 0.717) is 0 Å². The summed E-state index contributed by atoms with van der Waals surface area (Å²) in [6, 6.07) is 9.93. The van der Waals surface area contributed by atoms with Gasteiger partial charge in [0.15, 0.2) is 0 Å². The second-order valence-electron chi connectivity index (χ2n) is 10.6. The Morgan fingerprint density at radius 3 is 2.13 bits per heavy atom. The monoisotopic (exact) mass is 424 g/mol. The Morgan fingerprint density at radius 2 is 1.55 bits per heavy atom. The molecule has 5 aliphatic rings. The highest BCUT2D eigenvalue weighted by Crippen LogP contribution is 2.55. The summed E-state index contributed by atoms with van der Waals surface area (Å²) in [5.74, 6) is 2.13.